The fraction of sp³-hybridized carbons (Fsp3) is 0.158. The lowest BCUT2D eigenvalue weighted by Gasteiger charge is -2.13. The average Bonchev–Trinajstić information content (AvgIpc) is 2.97. The smallest absolute Gasteiger partial charge is 0.351 e. The number of carbonyl (C=O) groups excluding carboxylic acids is 1. The van der Waals surface area contributed by atoms with E-state index in [9.17, 15) is 25.0 Å². The van der Waals surface area contributed by atoms with Gasteiger partial charge in [-0.3, -0.25) is 25.2 Å². The maximum absolute atomic E-state index is 11.6. The molecule has 154 valence electrons. The van der Waals surface area contributed by atoms with Crippen molar-refractivity contribution in [3.8, 4) is 0 Å². The number of carbonyl (C=O) groups is 1. The Labute approximate surface area is 179 Å². The molecule has 11 heteroatoms. The molecule has 0 N–H and O–H groups in total. The number of esters is 1. The van der Waals surface area contributed by atoms with Gasteiger partial charge in [-0.25, -0.2) is 4.79 Å². The number of hydrogen-bond acceptors (Lipinski definition) is 7. The molecule has 1 aliphatic heterocycles. The van der Waals surface area contributed by atoms with E-state index < -0.39 is 27.6 Å². The summed E-state index contributed by atoms with van der Waals surface area (Å²) in [6, 6.07) is 12.3. The van der Waals surface area contributed by atoms with Crippen LogP contribution < -0.4 is 0 Å². The van der Waals surface area contributed by atoms with Gasteiger partial charge in [-0.1, -0.05) is 53.5 Å². The Bertz CT molecular complexity index is 1080. The highest BCUT2D eigenvalue weighted by atomic mass is 35.5. The number of aliphatic imine (C=N–C) groups is 1. The molecule has 3 rings (SSSR count). The molecule has 0 radical (unpaired) electrons. The van der Waals surface area contributed by atoms with Crippen LogP contribution in [-0.2, 0) is 16.1 Å². The highest BCUT2D eigenvalue weighted by Crippen LogP contribution is 2.32. The van der Waals surface area contributed by atoms with E-state index in [1.54, 1.807) is 24.3 Å². The van der Waals surface area contributed by atoms with Gasteiger partial charge in [0.25, 0.3) is 11.4 Å². The first kappa shape index (κ1) is 21.4. The molecule has 0 bridgehead atoms. The first-order valence-electron chi connectivity index (χ1n) is 8.54. The summed E-state index contributed by atoms with van der Waals surface area (Å²) in [5.41, 5.74) is 0.578. The molecule has 1 heterocycles. The SMILES string of the molecule is O=C1OC(CC(=NCc2ccc([N+](=O)[O-])cc2[N+](=O)[O-])c2ccccc2)C(Cl)=C1Cl. The third kappa shape index (κ3) is 4.64. The van der Waals surface area contributed by atoms with E-state index in [0.29, 0.717) is 11.3 Å². The fourth-order valence-corrected chi connectivity index (χ4v) is 3.20. The van der Waals surface area contributed by atoms with Crippen LogP contribution in [-0.4, -0.2) is 27.6 Å². The Morgan fingerprint density at radius 2 is 1.77 bits per heavy atom. The summed E-state index contributed by atoms with van der Waals surface area (Å²) in [5, 5.41) is 22.1. The second kappa shape index (κ2) is 9.02. The van der Waals surface area contributed by atoms with Gasteiger partial charge >= 0.3 is 5.97 Å². The first-order valence-corrected chi connectivity index (χ1v) is 9.30. The summed E-state index contributed by atoms with van der Waals surface area (Å²) in [7, 11) is 0. The second-order valence-electron chi connectivity index (χ2n) is 6.22. The quantitative estimate of drug-likeness (QED) is 0.265. The number of nitrogens with zero attached hydrogens (tertiary/aromatic N) is 3. The lowest BCUT2D eigenvalue weighted by Crippen LogP contribution is -2.17. The number of non-ortho nitro benzene ring substituents is 1. The van der Waals surface area contributed by atoms with Crippen LogP contribution in [0.25, 0.3) is 0 Å². The van der Waals surface area contributed by atoms with Gasteiger partial charge in [0.2, 0.25) is 0 Å². The third-order valence-electron chi connectivity index (χ3n) is 4.32. The van der Waals surface area contributed by atoms with Gasteiger partial charge in [0.05, 0.1) is 33.1 Å². The zero-order valence-electron chi connectivity index (χ0n) is 15.2. The largest absolute Gasteiger partial charge is 0.452 e. The van der Waals surface area contributed by atoms with E-state index in [1.807, 2.05) is 6.07 Å². The van der Waals surface area contributed by atoms with Crippen LogP contribution >= 0.6 is 23.2 Å². The minimum absolute atomic E-state index is 0.0617. The van der Waals surface area contributed by atoms with Crippen LogP contribution in [0.15, 0.2) is 63.6 Å². The molecule has 0 amide bonds. The molecular weight excluding hydrogens is 437 g/mol. The van der Waals surface area contributed by atoms with Crippen molar-refractivity contribution in [1.29, 1.82) is 0 Å². The van der Waals surface area contributed by atoms with E-state index in [0.717, 1.165) is 6.07 Å². The Kier molecular flexibility index (Phi) is 6.43. The van der Waals surface area contributed by atoms with Crippen molar-refractivity contribution in [2.75, 3.05) is 0 Å². The van der Waals surface area contributed by atoms with Crippen LogP contribution in [0.5, 0.6) is 0 Å². The summed E-state index contributed by atoms with van der Waals surface area (Å²) in [6.07, 6.45) is -0.719. The summed E-state index contributed by atoms with van der Waals surface area (Å²) >= 11 is 11.9. The molecule has 0 aliphatic carbocycles. The second-order valence-corrected chi connectivity index (χ2v) is 7.00. The van der Waals surface area contributed by atoms with Gasteiger partial charge in [0.15, 0.2) is 0 Å². The topological polar surface area (TPSA) is 125 Å². The number of halogens is 2. The number of hydrogen-bond donors (Lipinski definition) is 0. The van der Waals surface area contributed by atoms with Crippen LogP contribution in [0.3, 0.4) is 0 Å². The maximum Gasteiger partial charge on any atom is 0.351 e. The third-order valence-corrected chi connectivity index (χ3v) is 5.21. The molecule has 1 atom stereocenters. The van der Waals surface area contributed by atoms with Gasteiger partial charge in [0.1, 0.15) is 11.1 Å². The number of benzene rings is 2. The molecule has 9 nitrogen and oxygen atoms in total. The Morgan fingerprint density at radius 1 is 1.07 bits per heavy atom. The van der Waals surface area contributed by atoms with Crippen molar-refractivity contribution >= 4 is 46.3 Å². The van der Waals surface area contributed by atoms with Crippen LogP contribution in [0.2, 0.25) is 0 Å². The molecule has 0 fully saturated rings. The summed E-state index contributed by atoms with van der Waals surface area (Å²) in [6.45, 7) is -0.117. The van der Waals surface area contributed by atoms with E-state index in [4.69, 9.17) is 27.9 Å². The predicted octanol–water partition coefficient (Wildman–Crippen LogP) is 4.50. The Balaban J connectivity index is 1.94. The normalized spacial score (nSPS) is 16.5. The lowest BCUT2D eigenvalue weighted by molar-refractivity contribution is -0.394. The van der Waals surface area contributed by atoms with Gasteiger partial charge in [-0.05, 0) is 11.6 Å². The molecule has 1 unspecified atom stereocenters. The van der Waals surface area contributed by atoms with Gasteiger partial charge in [0, 0.05) is 18.2 Å². The average molecular weight is 450 g/mol. The van der Waals surface area contributed by atoms with E-state index in [1.165, 1.54) is 12.1 Å². The fourth-order valence-electron chi connectivity index (χ4n) is 2.83. The van der Waals surface area contributed by atoms with Gasteiger partial charge in [-0.2, -0.15) is 0 Å². The highest BCUT2D eigenvalue weighted by molar-refractivity contribution is 6.48. The monoisotopic (exact) mass is 449 g/mol. The van der Waals surface area contributed by atoms with E-state index in [2.05, 4.69) is 4.99 Å². The molecule has 2 aromatic carbocycles. The summed E-state index contributed by atoms with van der Waals surface area (Å²) < 4.78 is 5.15. The molecular formula is C19H13Cl2N3O6. The Hall–Kier alpha value is -3.30. The molecule has 0 saturated carbocycles. The zero-order valence-corrected chi connectivity index (χ0v) is 16.7. The lowest BCUT2D eigenvalue weighted by atomic mass is 10.0. The summed E-state index contributed by atoms with van der Waals surface area (Å²) in [5.74, 6) is -0.731. The van der Waals surface area contributed by atoms with Crippen molar-refractivity contribution in [2.45, 2.75) is 19.1 Å². The molecule has 30 heavy (non-hydrogen) atoms. The highest BCUT2D eigenvalue weighted by Gasteiger charge is 2.33. The molecule has 0 spiro atoms. The van der Waals surface area contributed by atoms with Crippen LogP contribution in [0, 0.1) is 20.2 Å². The number of rotatable bonds is 7. The minimum atomic E-state index is -0.822. The minimum Gasteiger partial charge on any atom is -0.452 e. The number of cyclic esters (lactones) is 1. The molecule has 0 aromatic heterocycles. The number of ether oxygens (including phenoxy) is 1. The van der Waals surface area contributed by atoms with E-state index >= 15 is 0 Å². The van der Waals surface area contributed by atoms with Gasteiger partial charge < -0.3 is 4.74 Å². The van der Waals surface area contributed by atoms with Crippen molar-refractivity contribution in [3.05, 3.63) is 90.0 Å². The zero-order chi connectivity index (χ0) is 21.8. The number of nitro groups is 2. The van der Waals surface area contributed by atoms with Crippen molar-refractivity contribution in [2.24, 2.45) is 4.99 Å². The van der Waals surface area contributed by atoms with E-state index in [-0.39, 0.29) is 34.3 Å². The molecule has 1 aliphatic rings. The van der Waals surface area contributed by atoms with Crippen LogP contribution in [0.1, 0.15) is 17.5 Å². The first-order chi connectivity index (χ1) is 14.3. The number of nitro benzene ring substituents is 2. The van der Waals surface area contributed by atoms with Crippen LogP contribution in [0.4, 0.5) is 11.4 Å². The van der Waals surface area contributed by atoms with Gasteiger partial charge in [-0.15, -0.1) is 0 Å². The van der Waals surface area contributed by atoms with Crippen molar-refractivity contribution in [3.63, 3.8) is 0 Å². The summed E-state index contributed by atoms with van der Waals surface area (Å²) in [4.78, 5) is 36.9. The standard InChI is InChI=1S/C19H13Cl2N3O6/c20-17-16(30-19(25)18(17)21)9-14(11-4-2-1-3-5-11)22-10-12-6-7-13(23(26)27)8-15(12)24(28)29/h1-8,16H,9-10H2. The van der Waals surface area contributed by atoms with Crippen molar-refractivity contribution < 1.29 is 19.4 Å². The molecule has 0 saturated heterocycles. The molecule has 2 aromatic rings. The van der Waals surface area contributed by atoms with Crippen molar-refractivity contribution in [1.82, 2.24) is 0 Å². The Morgan fingerprint density at radius 3 is 2.33 bits per heavy atom. The maximum atomic E-state index is 11.6. The predicted molar refractivity (Wildman–Crippen MR) is 110 cm³/mol.